The second-order valence-electron chi connectivity index (χ2n) is 3.31. The third kappa shape index (κ3) is 7.78. The highest BCUT2D eigenvalue weighted by atomic mass is 16.2. The summed E-state index contributed by atoms with van der Waals surface area (Å²) in [6.07, 6.45) is 4.33. The third-order valence-corrected chi connectivity index (χ3v) is 1.91. The topological polar surface area (TPSA) is 62.1 Å². The van der Waals surface area contributed by atoms with Gasteiger partial charge in [0.1, 0.15) is 0 Å². The molecule has 0 saturated heterocycles. The standard InChI is InChI=1S/C10H19N3O2/c1-3-5-7-13(8-6-4-2)12-11-10(15)9-14/h9H,3-8H2,1-2H3. The van der Waals surface area contributed by atoms with Gasteiger partial charge in [0.05, 0.1) is 0 Å². The zero-order valence-electron chi connectivity index (χ0n) is 9.48. The summed E-state index contributed by atoms with van der Waals surface area (Å²) in [7, 11) is 0. The minimum absolute atomic E-state index is 0.168. The van der Waals surface area contributed by atoms with Gasteiger partial charge in [-0.15, -0.1) is 0 Å². The Morgan fingerprint density at radius 3 is 2.13 bits per heavy atom. The van der Waals surface area contributed by atoms with Crippen LogP contribution >= 0.6 is 0 Å². The molecule has 0 atom stereocenters. The van der Waals surface area contributed by atoms with Crippen molar-refractivity contribution in [3.05, 3.63) is 0 Å². The molecule has 1 amide bonds. The van der Waals surface area contributed by atoms with Crippen LogP contribution in [-0.2, 0) is 9.59 Å². The Labute approximate surface area is 90.5 Å². The quantitative estimate of drug-likeness (QED) is 0.268. The summed E-state index contributed by atoms with van der Waals surface area (Å²) in [6.45, 7) is 5.75. The van der Waals surface area contributed by atoms with E-state index < -0.39 is 5.91 Å². The molecule has 5 nitrogen and oxygen atoms in total. The summed E-state index contributed by atoms with van der Waals surface area (Å²) in [6, 6.07) is 0. The molecule has 15 heavy (non-hydrogen) atoms. The van der Waals surface area contributed by atoms with Crippen molar-refractivity contribution in [2.24, 2.45) is 10.3 Å². The Kier molecular flexibility index (Phi) is 8.52. The Hall–Kier alpha value is -1.26. The van der Waals surface area contributed by atoms with E-state index in [1.807, 2.05) is 0 Å². The summed E-state index contributed by atoms with van der Waals surface area (Å²) in [5.41, 5.74) is 0. The van der Waals surface area contributed by atoms with Crippen molar-refractivity contribution >= 4 is 12.2 Å². The van der Waals surface area contributed by atoms with E-state index in [9.17, 15) is 9.59 Å². The molecule has 0 saturated carbocycles. The molecule has 0 aliphatic carbocycles. The first-order valence-electron chi connectivity index (χ1n) is 5.40. The van der Waals surface area contributed by atoms with Crippen LogP contribution in [-0.4, -0.2) is 30.3 Å². The minimum atomic E-state index is -0.826. The van der Waals surface area contributed by atoms with Gasteiger partial charge in [0, 0.05) is 13.1 Å². The van der Waals surface area contributed by atoms with Crippen LogP contribution in [0.5, 0.6) is 0 Å². The number of carbonyl (C=O) groups excluding carboxylic acids is 2. The van der Waals surface area contributed by atoms with E-state index in [0.29, 0.717) is 0 Å². The number of aldehydes is 1. The molecule has 0 aliphatic heterocycles. The van der Waals surface area contributed by atoms with Crippen molar-refractivity contribution < 1.29 is 9.59 Å². The van der Waals surface area contributed by atoms with Crippen LogP contribution in [0.15, 0.2) is 10.3 Å². The number of unbranched alkanes of at least 4 members (excludes halogenated alkanes) is 2. The van der Waals surface area contributed by atoms with Crippen molar-refractivity contribution in [1.29, 1.82) is 0 Å². The molecular formula is C10H19N3O2. The van der Waals surface area contributed by atoms with Gasteiger partial charge in [-0.3, -0.25) is 14.6 Å². The lowest BCUT2D eigenvalue weighted by molar-refractivity contribution is -0.129. The van der Waals surface area contributed by atoms with Crippen LogP contribution in [0.2, 0.25) is 0 Å². The highest BCUT2D eigenvalue weighted by Gasteiger charge is 2.01. The number of nitrogens with zero attached hydrogens (tertiary/aromatic N) is 3. The summed E-state index contributed by atoms with van der Waals surface area (Å²) in [4.78, 5) is 20.6. The van der Waals surface area contributed by atoms with E-state index in [-0.39, 0.29) is 6.29 Å². The van der Waals surface area contributed by atoms with Crippen LogP contribution in [0.25, 0.3) is 0 Å². The Morgan fingerprint density at radius 1 is 1.20 bits per heavy atom. The molecule has 86 valence electrons. The van der Waals surface area contributed by atoms with Gasteiger partial charge in [0.25, 0.3) is 0 Å². The zero-order valence-corrected chi connectivity index (χ0v) is 9.48. The maximum atomic E-state index is 10.6. The predicted molar refractivity (Wildman–Crippen MR) is 57.3 cm³/mol. The third-order valence-electron chi connectivity index (χ3n) is 1.91. The fraction of sp³-hybridized carbons (Fsp3) is 0.800. The Morgan fingerprint density at radius 2 is 1.73 bits per heavy atom. The molecule has 0 fully saturated rings. The van der Waals surface area contributed by atoms with Crippen molar-refractivity contribution in [3.8, 4) is 0 Å². The molecule has 0 aliphatic rings. The monoisotopic (exact) mass is 213 g/mol. The molecule has 0 bridgehead atoms. The maximum absolute atomic E-state index is 10.6. The average molecular weight is 213 g/mol. The number of carbonyl (C=O) groups is 2. The van der Waals surface area contributed by atoms with Crippen LogP contribution in [0.3, 0.4) is 0 Å². The first-order chi connectivity index (χ1) is 7.24. The molecule has 0 unspecified atom stereocenters. The van der Waals surface area contributed by atoms with Gasteiger partial charge in [-0.25, -0.2) is 0 Å². The number of hydrogen-bond donors (Lipinski definition) is 0. The van der Waals surface area contributed by atoms with Crippen molar-refractivity contribution in [3.63, 3.8) is 0 Å². The fourth-order valence-corrected chi connectivity index (χ4v) is 1.01. The van der Waals surface area contributed by atoms with Gasteiger partial charge in [-0.2, -0.15) is 0 Å². The Bertz CT molecular complexity index is 209. The predicted octanol–water partition coefficient (Wildman–Crippen LogP) is 1.98. The van der Waals surface area contributed by atoms with E-state index in [4.69, 9.17) is 0 Å². The lowest BCUT2D eigenvalue weighted by Gasteiger charge is -2.15. The summed E-state index contributed by atoms with van der Waals surface area (Å²) in [5.74, 6) is -0.826. The average Bonchev–Trinajstić information content (AvgIpc) is 2.27. The highest BCUT2D eigenvalue weighted by Crippen LogP contribution is 2.00. The molecule has 5 heteroatoms. The van der Waals surface area contributed by atoms with Crippen LogP contribution in [0.1, 0.15) is 39.5 Å². The van der Waals surface area contributed by atoms with Crippen molar-refractivity contribution in [1.82, 2.24) is 5.01 Å². The van der Waals surface area contributed by atoms with Crippen LogP contribution in [0.4, 0.5) is 0 Å². The lowest BCUT2D eigenvalue weighted by atomic mass is 10.3. The Balaban J connectivity index is 4.03. The van der Waals surface area contributed by atoms with Crippen LogP contribution < -0.4 is 0 Å². The lowest BCUT2D eigenvalue weighted by Crippen LogP contribution is -2.20. The number of hydrogen-bond acceptors (Lipinski definition) is 3. The van der Waals surface area contributed by atoms with Crippen molar-refractivity contribution in [2.75, 3.05) is 13.1 Å². The molecular weight excluding hydrogens is 194 g/mol. The van der Waals surface area contributed by atoms with Gasteiger partial charge in [0.15, 0.2) is 0 Å². The molecule has 0 rings (SSSR count). The number of rotatable bonds is 8. The molecule has 0 heterocycles. The molecule has 0 spiro atoms. The minimum Gasteiger partial charge on any atom is -0.292 e. The normalized spacial score (nSPS) is 10.5. The smallest absolute Gasteiger partial charge is 0.292 e. The second kappa shape index (κ2) is 9.30. The first kappa shape index (κ1) is 13.7. The van der Waals surface area contributed by atoms with E-state index in [1.165, 1.54) is 0 Å². The molecule has 0 radical (unpaired) electrons. The van der Waals surface area contributed by atoms with Gasteiger partial charge in [-0.05, 0) is 12.8 Å². The second-order valence-corrected chi connectivity index (χ2v) is 3.31. The van der Waals surface area contributed by atoms with E-state index in [2.05, 4.69) is 24.2 Å². The van der Waals surface area contributed by atoms with Crippen molar-refractivity contribution in [2.45, 2.75) is 39.5 Å². The summed E-state index contributed by atoms with van der Waals surface area (Å²) < 4.78 is 0. The van der Waals surface area contributed by atoms with Gasteiger partial charge in [-0.1, -0.05) is 37.0 Å². The maximum Gasteiger partial charge on any atom is 0.329 e. The highest BCUT2D eigenvalue weighted by molar-refractivity contribution is 6.23. The van der Waals surface area contributed by atoms with Gasteiger partial charge < -0.3 is 0 Å². The van der Waals surface area contributed by atoms with Crippen LogP contribution in [0, 0.1) is 0 Å². The molecule has 0 aromatic carbocycles. The largest absolute Gasteiger partial charge is 0.329 e. The summed E-state index contributed by atoms with van der Waals surface area (Å²) in [5, 5.41) is 8.78. The van der Waals surface area contributed by atoms with E-state index in [1.54, 1.807) is 5.01 Å². The molecule has 0 N–H and O–H groups in total. The molecule has 0 aromatic heterocycles. The van der Waals surface area contributed by atoms with E-state index in [0.717, 1.165) is 38.8 Å². The number of amides is 1. The van der Waals surface area contributed by atoms with Gasteiger partial charge in [0.2, 0.25) is 6.29 Å². The fourth-order valence-electron chi connectivity index (χ4n) is 1.01. The summed E-state index contributed by atoms with van der Waals surface area (Å²) >= 11 is 0. The van der Waals surface area contributed by atoms with Gasteiger partial charge >= 0.3 is 5.91 Å². The SMILES string of the molecule is CCCCN(CCCC)N=NC(=O)C=O. The molecule has 0 aromatic rings. The zero-order chi connectivity index (χ0) is 11.5. The first-order valence-corrected chi connectivity index (χ1v) is 5.40. The van der Waals surface area contributed by atoms with E-state index >= 15 is 0 Å².